The van der Waals surface area contributed by atoms with Gasteiger partial charge in [-0.25, -0.2) is 10.4 Å². The zero-order valence-corrected chi connectivity index (χ0v) is 16.4. The van der Waals surface area contributed by atoms with Crippen LogP contribution < -0.4 is 10.7 Å². The van der Waals surface area contributed by atoms with Gasteiger partial charge in [0.05, 0.1) is 28.9 Å². The smallest absolute Gasteiger partial charge is 0.259 e. The van der Waals surface area contributed by atoms with Gasteiger partial charge in [0.1, 0.15) is 5.15 Å². The molecule has 0 saturated carbocycles. The predicted octanol–water partition coefficient (Wildman–Crippen LogP) is 3.73. The highest BCUT2D eigenvalue weighted by molar-refractivity contribution is 6.34. The van der Waals surface area contributed by atoms with Gasteiger partial charge in [-0.1, -0.05) is 47.5 Å². The molecule has 0 aliphatic carbocycles. The summed E-state index contributed by atoms with van der Waals surface area (Å²) in [5.41, 5.74) is 5.07. The van der Waals surface area contributed by atoms with E-state index < -0.39 is 11.8 Å². The maximum absolute atomic E-state index is 12.0. The number of rotatable bonds is 5. The molecule has 8 heteroatoms. The van der Waals surface area contributed by atoms with Gasteiger partial charge in [-0.3, -0.25) is 9.59 Å². The second kappa shape index (κ2) is 8.82. The Labute approximate surface area is 171 Å². The Morgan fingerprint density at radius 2 is 1.93 bits per heavy atom. The maximum Gasteiger partial charge on any atom is 0.259 e. The van der Waals surface area contributed by atoms with Gasteiger partial charge in [-0.15, -0.1) is 0 Å². The molecule has 142 valence electrons. The van der Waals surface area contributed by atoms with Gasteiger partial charge in [-0.05, 0) is 36.8 Å². The third kappa shape index (κ3) is 4.85. The fraction of sp³-hybridized carbons (Fsp3) is 0.100. The van der Waals surface area contributed by atoms with E-state index >= 15 is 0 Å². The zero-order valence-electron chi connectivity index (χ0n) is 14.9. The van der Waals surface area contributed by atoms with Crippen LogP contribution in [0.5, 0.6) is 0 Å². The number of aromatic nitrogens is 1. The van der Waals surface area contributed by atoms with Crippen LogP contribution in [0.15, 0.2) is 53.6 Å². The maximum atomic E-state index is 12.0. The Balaban J connectivity index is 1.58. The predicted molar refractivity (Wildman–Crippen MR) is 111 cm³/mol. The van der Waals surface area contributed by atoms with Crippen molar-refractivity contribution < 1.29 is 9.59 Å². The molecule has 0 atom stereocenters. The van der Waals surface area contributed by atoms with Crippen LogP contribution in [-0.4, -0.2) is 29.6 Å². The molecule has 1 heterocycles. The SMILES string of the molecule is Cc1ccc2cc(C=NNC(=O)CNC(=O)c3ccccc3Cl)c(Cl)nc2c1. The van der Waals surface area contributed by atoms with Gasteiger partial charge < -0.3 is 5.32 Å². The van der Waals surface area contributed by atoms with Crippen LogP contribution in [0.4, 0.5) is 0 Å². The number of nitrogens with one attached hydrogen (secondary N) is 2. The van der Waals surface area contributed by atoms with Crippen LogP contribution >= 0.6 is 23.2 Å². The van der Waals surface area contributed by atoms with Crippen molar-refractivity contribution >= 4 is 52.1 Å². The molecule has 2 N–H and O–H groups in total. The fourth-order valence-corrected chi connectivity index (χ4v) is 2.89. The molecule has 0 saturated heterocycles. The topological polar surface area (TPSA) is 83.5 Å². The lowest BCUT2D eigenvalue weighted by Crippen LogP contribution is -2.35. The summed E-state index contributed by atoms with van der Waals surface area (Å²) in [6, 6.07) is 14.3. The summed E-state index contributed by atoms with van der Waals surface area (Å²) in [7, 11) is 0. The molecular weight excluding hydrogens is 399 g/mol. The summed E-state index contributed by atoms with van der Waals surface area (Å²) in [4.78, 5) is 28.2. The average Bonchev–Trinajstić information content (AvgIpc) is 2.67. The van der Waals surface area contributed by atoms with E-state index in [1.165, 1.54) is 6.21 Å². The molecule has 28 heavy (non-hydrogen) atoms. The molecule has 0 bridgehead atoms. The first-order valence-corrected chi connectivity index (χ1v) is 9.11. The first-order valence-electron chi connectivity index (χ1n) is 8.35. The number of fused-ring (bicyclic) bond motifs is 1. The highest BCUT2D eigenvalue weighted by Gasteiger charge is 2.10. The van der Waals surface area contributed by atoms with E-state index in [0.29, 0.717) is 16.1 Å². The van der Waals surface area contributed by atoms with E-state index in [1.807, 2.05) is 31.2 Å². The van der Waals surface area contributed by atoms with Gasteiger partial charge in [0, 0.05) is 10.9 Å². The second-order valence-corrected chi connectivity index (χ2v) is 6.79. The summed E-state index contributed by atoms with van der Waals surface area (Å²) in [5, 5.41) is 7.85. The summed E-state index contributed by atoms with van der Waals surface area (Å²) in [5.74, 6) is -0.932. The summed E-state index contributed by atoms with van der Waals surface area (Å²) < 4.78 is 0. The van der Waals surface area contributed by atoms with Gasteiger partial charge in [-0.2, -0.15) is 5.10 Å². The Morgan fingerprint density at radius 3 is 2.71 bits per heavy atom. The number of benzene rings is 2. The third-order valence-electron chi connectivity index (χ3n) is 3.87. The number of nitrogens with zero attached hydrogens (tertiary/aromatic N) is 2. The largest absolute Gasteiger partial charge is 0.343 e. The Morgan fingerprint density at radius 1 is 1.14 bits per heavy atom. The second-order valence-electron chi connectivity index (χ2n) is 6.02. The zero-order chi connectivity index (χ0) is 20.1. The van der Waals surface area contributed by atoms with Gasteiger partial charge in [0.2, 0.25) is 0 Å². The van der Waals surface area contributed by atoms with E-state index in [-0.39, 0.29) is 11.7 Å². The lowest BCUT2D eigenvalue weighted by molar-refractivity contribution is -0.120. The number of amides is 2. The first-order chi connectivity index (χ1) is 13.4. The number of hydrogen-bond donors (Lipinski definition) is 2. The molecule has 3 aromatic rings. The standard InChI is InChI=1S/C20H16Cl2N4O2/c1-12-6-7-13-9-14(19(22)25-17(13)8-12)10-24-26-18(27)11-23-20(28)15-4-2-3-5-16(15)21/h2-10H,11H2,1H3,(H,23,28)(H,26,27). The number of pyridine rings is 1. The molecule has 0 aliphatic heterocycles. The number of hydrogen-bond acceptors (Lipinski definition) is 4. The van der Waals surface area contributed by atoms with Crippen LogP contribution in [0.3, 0.4) is 0 Å². The number of halogens is 2. The van der Waals surface area contributed by atoms with Crippen molar-refractivity contribution in [2.24, 2.45) is 5.10 Å². The van der Waals surface area contributed by atoms with Gasteiger partial charge in [0.15, 0.2) is 0 Å². The van der Waals surface area contributed by atoms with Gasteiger partial charge in [0.25, 0.3) is 11.8 Å². The van der Waals surface area contributed by atoms with Crippen molar-refractivity contribution in [2.75, 3.05) is 6.54 Å². The number of hydrazone groups is 1. The quantitative estimate of drug-likeness (QED) is 0.379. The normalized spacial score (nSPS) is 11.0. The molecule has 0 fully saturated rings. The van der Waals surface area contributed by atoms with Crippen molar-refractivity contribution in [3.8, 4) is 0 Å². The molecular formula is C20H16Cl2N4O2. The van der Waals surface area contributed by atoms with Crippen molar-refractivity contribution in [1.29, 1.82) is 0 Å². The Hall–Kier alpha value is -2.96. The number of aryl methyl sites for hydroxylation is 1. The number of carbonyl (C=O) groups is 2. The Bertz CT molecular complexity index is 1080. The molecule has 2 amide bonds. The molecule has 3 rings (SSSR count). The average molecular weight is 415 g/mol. The molecule has 1 aromatic heterocycles. The first kappa shape index (κ1) is 19.8. The summed E-state index contributed by atoms with van der Waals surface area (Å²) in [6.07, 6.45) is 1.41. The van der Waals surface area contributed by atoms with E-state index in [0.717, 1.165) is 16.5 Å². The third-order valence-corrected chi connectivity index (χ3v) is 4.51. The molecule has 0 radical (unpaired) electrons. The molecule has 0 spiro atoms. The molecule has 0 aliphatic rings. The van der Waals surface area contributed by atoms with E-state index in [1.54, 1.807) is 24.3 Å². The fourth-order valence-electron chi connectivity index (χ4n) is 2.47. The highest BCUT2D eigenvalue weighted by Crippen LogP contribution is 2.20. The minimum absolute atomic E-state index is 0.246. The molecule has 0 unspecified atom stereocenters. The van der Waals surface area contributed by atoms with Crippen LogP contribution in [0.1, 0.15) is 21.5 Å². The van der Waals surface area contributed by atoms with Gasteiger partial charge >= 0.3 is 0 Å². The van der Waals surface area contributed by atoms with Crippen molar-refractivity contribution in [1.82, 2.24) is 15.7 Å². The van der Waals surface area contributed by atoms with E-state index in [9.17, 15) is 9.59 Å². The molecule has 2 aromatic carbocycles. The monoisotopic (exact) mass is 414 g/mol. The highest BCUT2D eigenvalue weighted by atomic mass is 35.5. The summed E-state index contributed by atoms with van der Waals surface area (Å²) >= 11 is 12.1. The molecule has 6 nitrogen and oxygen atoms in total. The van der Waals surface area contributed by atoms with E-state index in [4.69, 9.17) is 23.2 Å². The van der Waals surface area contributed by atoms with Crippen LogP contribution in [0.25, 0.3) is 10.9 Å². The van der Waals surface area contributed by atoms with Crippen molar-refractivity contribution in [3.63, 3.8) is 0 Å². The van der Waals surface area contributed by atoms with Crippen LogP contribution in [0.2, 0.25) is 10.2 Å². The van der Waals surface area contributed by atoms with E-state index in [2.05, 4.69) is 20.8 Å². The minimum atomic E-state index is -0.489. The van der Waals surface area contributed by atoms with Crippen LogP contribution in [-0.2, 0) is 4.79 Å². The van der Waals surface area contributed by atoms with Crippen molar-refractivity contribution in [2.45, 2.75) is 6.92 Å². The lowest BCUT2D eigenvalue weighted by atomic mass is 10.1. The summed E-state index contributed by atoms with van der Waals surface area (Å²) in [6.45, 7) is 1.73. The lowest BCUT2D eigenvalue weighted by Gasteiger charge is -2.06. The number of carbonyl (C=O) groups excluding carboxylic acids is 2. The van der Waals surface area contributed by atoms with Crippen LogP contribution in [0, 0.1) is 6.92 Å². The van der Waals surface area contributed by atoms with Crippen molar-refractivity contribution in [3.05, 3.63) is 75.4 Å². The minimum Gasteiger partial charge on any atom is -0.343 e. The Kier molecular flexibility index (Phi) is 6.23.